The Hall–Kier alpha value is -2.89. The van der Waals surface area contributed by atoms with E-state index in [1.807, 2.05) is 6.92 Å². The molecule has 134 valence electrons. The van der Waals surface area contributed by atoms with Gasteiger partial charge < -0.3 is 9.72 Å². The van der Waals surface area contributed by atoms with E-state index in [4.69, 9.17) is 10.00 Å². The fraction of sp³-hybridized carbons (Fsp3) is 0.222. The van der Waals surface area contributed by atoms with E-state index in [2.05, 4.69) is 16.0 Å². The maximum absolute atomic E-state index is 12.4. The molecule has 8 heteroatoms. The van der Waals surface area contributed by atoms with Crippen molar-refractivity contribution in [2.24, 2.45) is 0 Å². The normalized spacial score (nSPS) is 11.7. The number of aromatic nitrogens is 2. The summed E-state index contributed by atoms with van der Waals surface area (Å²) in [5.41, 5.74) is 2.63. The first-order valence-electron chi connectivity index (χ1n) is 7.96. The maximum atomic E-state index is 12.4. The number of hydrogen-bond donors (Lipinski definition) is 1. The van der Waals surface area contributed by atoms with Gasteiger partial charge >= 0.3 is 0 Å². The van der Waals surface area contributed by atoms with Crippen molar-refractivity contribution in [2.75, 3.05) is 20.7 Å². The van der Waals surface area contributed by atoms with Crippen LogP contribution in [0.5, 0.6) is 5.75 Å². The Balaban J connectivity index is 2.14. The number of sulfonamides is 1. The number of nitrogens with one attached hydrogen (secondary N) is 1. The van der Waals surface area contributed by atoms with Crippen molar-refractivity contribution < 1.29 is 13.2 Å². The van der Waals surface area contributed by atoms with E-state index in [0.717, 1.165) is 9.82 Å². The minimum Gasteiger partial charge on any atom is -0.493 e. The smallest absolute Gasteiger partial charge is 0.242 e. The van der Waals surface area contributed by atoms with Crippen LogP contribution in [0.3, 0.4) is 0 Å². The summed E-state index contributed by atoms with van der Waals surface area (Å²) in [7, 11) is -0.600. The summed E-state index contributed by atoms with van der Waals surface area (Å²) in [4.78, 5) is 7.84. The van der Waals surface area contributed by atoms with Gasteiger partial charge in [-0.25, -0.2) is 17.7 Å². The molecule has 26 heavy (non-hydrogen) atoms. The van der Waals surface area contributed by atoms with E-state index >= 15 is 0 Å². The van der Waals surface area contributed by atoms with Gasteiger partial charge in [-0.05, 0) is 37.3 Å². The quantitative estimate of drug-likeness (QED) is 0.744. The molecule has 0 aliphatic heterocycles. The van der Waals surface area contributed by atoms with E-state index < -0.39 is 10.0 Å². The molecule has 3 rings (SSSR count). The lowest BCUT2D eigenvalue weighted by molar-refractivity contribution is 0.340. The number of hydrogen-bond acceptors (Lipinski definition) is 5. The van der Waals surface area contributed by atoms with Crippen LogP contribution in [-0.2, 0) is 10.0 Å². The van der Waals surface area contributed by atoms with Crippen molar-refractivity contribution >= 4 is 21.1 Å². The SMILES string of the molecule is CCOc1cc(S(=O)(=O)N(C)C)ccc1-c1nc2ccc(C#N)cc2[nH]1. The van der Waals surface area contributed by atoms with Gasteiger partial charge in [0.05, 0.1) is 39.7 Å². The van der Waals surface area contributed by atoms with Crippen molar-refractivity contribution in [2.45, 2.75) is 11.8 Å². The van der Waals surface area contributed by atoms with Crippen LogP contribution < -0.4 is 4.74 Å². The third-order valence-corrected chi connectivity index (χ3v) is 5.71. The van der Waals surface area contributed by atoms with Crippen molar-refractivity contribution in [3.05, 3.63) is 42.0 Å². The summed E-state index contributed by atoms with van der Waals surface area (Å²) < 4.78 is 31.5. The molecular weight excluding hydrogens is 352 g/mol. The first-order chi connectivity index (χ1) is 12.4. The molecule has 0 bridgehead atoms. The number of aromatic amines is 1. The minimum atomic E-state index is -3.56. The number of rotatable bonds is 5. The highest BCUT2D eigenvalue weighted by Gasteiger charge is 2.20. The van der Waals surface area contributed by atoms with Gasteiger partial charge in [0.2, 0.25) is 10.0 Å². The number of fused-ring (bicyclic) bond motifs is 1. The average Bonchev–Trinajstić information content (AvgIpc) is 3.04. The predicted octanol–water partition coefficient (Wildman–Crippen LogP) is 2.75. The highest BCUT2D eigenvalue weighted by atomic mass is 32.2. The lowest BCUT2D eigenvalue weighted by atomic mass is 10.2. The molecule has 0 saturated carbocycles. The average molecular weight is 370 g/mol. The molecule has 0 fully saturated rings. The highest BCUT2D eigenvalue weighted by molar-refractivity contribution is 7.89. The van der Waals surface area contributed by atoms with Gasteiger partial charge in [0, 0.05) is 20.2 Å². The van der Waals surface area contributed by atoms with Gasteiger partial charge in [-0.15, -0.1) is 0 Å². The fourth-order valence-corrected chi connectivity index (χ4v) is 3.47. The van der Waals surface area contributed by atoms with Crippen molar-refractivity contribution in [1.29, 1.82) is 5.26 Å². The van der Waals surface area contributed by atoms with Gasteiger partial charge in [0.1, 0.15) is 11.6 Å². The first-order valence-corrected chi connectivity index (χ1v) is 9.40. The van der Waals surface area contributed by atoms with Gasteiger partial charge in [0.15, 0.2) is 0 Å². The zero-order valence-corrected chi connectivity index (χ0v) is 15.5. The molecule has 0 amide bonds. The van der Waals surface area contributed by atoms with Crippen LogP contribution in [0.15, 0.2) is 41.3 Å². The summed E-state index contributed by atoms with van der Waals surface area (Å²) >= 11 is 0. The Kier molecular flexibility index (Phi) is 4.68. The molecule has 7 nitrogen and oxygen atoms in total. The summed E-state index contributed by atoms with van der Waals surface area (Å²) in [6.45, 7) is 2.21. The number of nitrogens with zero attached hydrogens (tertiary/aromatic N) is 3. The second-order valence-electron chi connectivity index (χ2n) is 5.81. The second kappa shape index (κ2) is 6.78. The molecule has 3 aromatic rings. The Morgan fingerprint density at radius 2 is 2.00 bits per heavy atom. The van der Waals surface area contributed by atoms with Crippen LogP contribution in [-0.4, -0.2) is 43.4 Å². The standard InChI is InChI=1S/C18H18N4O3S/c1-4-25-17-10-13(26(23,24)22(2)3)6-7-14(17)18-20-15-8-5-12(11-19)9-16(15)21-18/h5-10H,4H2,1-3H3,(H,20,21). The fourth-order valence-electron chi connectivity index (χ4n) is 2.55. The topological polar surface area (TPSA) is 99.1 Å². The van der Waals surface area contributed by atoms with E-state index in [1.54, 1.807) is 24.3 Å². The van der Waals surface area contributed by atoms with Crippen molar-refractivity contribution in [1.82, 2.24) is 14.3 Å². The molecule has 0 saturated heterocycles. The number of ether oxygens (including phenoxy) is 1. The minimum absolute atomic E-state index is 0.151. The van der Waals surface area contributed by atoms with E-state index in [9.17, 15) is 8.42 Å². The maximum Gasteiger partial charge on any atom is 0.242 e. The van der Waals surface area contributed by atoms with Crippen LogP contribution in [0, 0.1) is 11.3 Å². The van der Waals surface area contributed by atoms with E-state index in [1.165, 1.54) is 26.2 Å². The third kappa shape index (κ3) is 3.14. The summed E-state index contributed by atoms with van der Waals surface area (Å²) in [5.74, 6) is 0.974. The van der Waals surface area contributed by atoms with E-state index in [0.29, 0.717) is 34.8 Å². The van der Waals surface area contributed by atoms with Crippen LogP contribution in [0.25, 0.3) is 22.4 Å². The van der Waals surface area contributed by atoms with E-state index in [-0.39, 0.29) is 4.90 Å². The van der Waals surface area contributed by atoms with Gasteiger partial charge in [-0.2, -0.15) is 5.26 Å². The summed E-state index contributed by atoms with van der Waals surface area (Å²) in [5, 5.41) is 9.02. The zero-order chi connectivity index (χ0) is 18.9. The summed E-state index contributed by atoms with van der Waals surface area (Å²) in [6.07, 6.45) is 0. The molecule has 1 aromatic heterocycles. The Morgan fingerprint density at radius 3 is 2.65 bits per heavy atom. The monoisotopic (exact) mass is 370 g/mol. The molecule has 0 atom stereocenters. The van der Waals surface area contributed by atoms with Crippen molar-refractivity contribution in [3.8, 4) is 23.2 Å². The van der Waals surface area contributed by atoms with Gasteiger partial charge in [-0.3, -0.25) is 0 Å². The molecule has 0 unspecified atom stereocenters. The molecular formula is C18H18N4O3S. The lowest BCUT2D eigenvalue weighted by Crippen LogP contribution is -2.22. The Morgan fingerprint density at radius 1 is 1.23 bits per heavy atom. The van der Waals surface area contributed by atoms with Gasteiger partial charge in [-0.1, -0.05) is 0 Å². The van der Waals surface area contributed by atoms with Crippen molar-refractivity contribution in [3.63, 3.8) is 0 Å². The number of benzene rings is 2. The van der Waals surface area contributed by atoms with Crippen LogP contribution in [0.1, 0.15) is 12.5 Å². The van der Waals surface area contributed by atoms with Crippen LogP contribution >= 0.6 is 0 Å². The molecule has 1 heterocycles. The van der Waals surface area contributed by atoms with Crippen LogP contribution in [0.4, 0.5) is 0 Å². The number of nitriles is 1. The molecule has 2 aromatic carbocycles. The lowest BCUT2D eigenvalue weighted by Gasteiger charge is -2.14. The number of imidazole rings is 1. The largest absolute Gasteiger partial charge is 0.493 e. The molecule has 1 N–H and O–H groups in total. The molecule has 0 aliphatic rings. The van der Waals surface area contributed by atoms with Gasteiger partial charge in [0.25, 0.3) is 0 Å². The third-order valence-electron chi connectivity index (χ3n) is 3.90. The van der Waals surface area contributed by atoms with Crippen LogP contribution in [0.2, 0.25) is 0 Å². The predicted molar refractivity (Wildman–Crippen MR) is 98.3 cm³/mol. The summed E-state index contributed by atoms with van der Waals surface area (Å²) in [6, 6.07) is 12.0. The first kappa shape index (κ1) is 17.9. The Labute approximate surface area is 151 Å². The molecule has 0 aliphatic carbocycles. The second-order valence-corrected chi connectivity index (χ2v) is 7.96. The molecule has 0 spiro atoms. The Bertz CT molecular complexity index is 1110. The zero-order valence-electron chi connectivity index (χ0n) is 14.6. The molecule has 0 radical (unpaired) electrons. The highest BCUT2D eigenvalue weighted by Crippen LogP contribution is 2.32. The number of H-pyrrole nitrogens is 1.